The topological polar surface area (TPSA) is 204 Å². The molecule has 14 heteroatoms. The van der Waals surface area contributed by atoms with Crippen molar-refractivity contribution >= 4 is 17.6 Å². The van der Waals surface area contributed by atoms with Gasteiger partial charge in [0.2, 0.25) is 11.8 Å². The van der Waals surface area contributed by atoms with Gasteiger partial charge in [0.15, 0.2) is 12.1 Å². The lowest BCUT2D eigenvalue weighted by Crippen LogP contribution is -2.69. The second-order valence-corrected chi connectivity index (χ2v) is 8.02. The Morgan fingerprint density at radius 3 is 1.94 bits per heavy atom. The predicted octanol–water partition coefficient (Wildman–Crippen LogP) is -4.13. The summed E-state index contributed by atoms with van der Waals surface area (Å²) in [5, 5.41) is 55.5. The number of carbonyl (C=O) groups excluding carboxylic acids is 3. The van der Waals surface area contributed by atoms with E-state index >= 15 is 0 Å². The lowest BCUT2D eigenvalue weighted by Gasteiger charge is -2.48. The van der Waals surface area contributed by atoms with Crippen LogP contribution in [0.15, 0.2) is 0 Å². The molecule has 2 fully saturated rings. The SMILES string of the molecule is CC(=O)N[C@@H]1[C@@H](O)[C@H](O[C@@H]2O[C@H](CO)[C@@H](O)[C@H](O)[C@H]2NC(C)=O)[C@@H](CO)O[C@H]1CC(=O)CF. The third kappa shape index (κ3) is 6.64. The highest BCUT2D eigenvalue weighted by atomic mass is 19.1. The Kier molecular flexibility index (Phi) is 10.1. The van der Waals surface area contributed by atoms with E-state index in [4.69, 9.17) is 14.2 Å². The summed E-state index contributed by atoms with van der Waals surface area (Å²) in [6, 6.07) is -2.57. The van der Waals surface area contributed by atoms with E-state index < -0.39 is 105 Å². The van der Waals surface area contributed by atoms with Crippen LogP contribution < -0.4 is 10.6 Å². The quantitative estimate of drug-likeness (QED) is 0.168. The maximum Gasteiger partial charge on any atom is 0.217 e. The summed E-state index contributed by atoms with van der Waals surface area (Å²) in [6.45, 7) is -0.428. The van der Waals surface area contributed by atoms with Crippen molar-refractivity contribution in [2.75, 3.05) is 19.9 Å². The molecule has 10 atom stereocenters. The predicted molar refractivity (Wildman–Crippen MR) is 105 cm³/mol. The molecule has 7 N–H and O–H groups in total. The van der Waals surface area contributed by atoms with Crippen molar-refractivity contribution in [2.45, 2.75) is 81.4 Å². The molecular weight excluding hydrogens is 451 g/mol. The van der Waals surface area contributed by atoms with Gasteiger partial charge in [0.05, 0.1) is 25.4 Å². The number of aliphatic hydroxyl groups is 5. The number of halogens is 1. The number of alkyl halides is 1. The van der Waals surface area contributed by atoms with Crippen LogP contribution in [0, 0.1) is 0 Å². The lowest BCUT2D eigenvalue weighted by molar-refractivity contribution is -0.314. The minimum absolute atomic E-state index is 0.492. The van der Waals surface area contributed by atoms with E-state index in [1.54, 1.807) is 0 Å². The second kappa shape index (κ2) is 12.1. The van der Waals surface area contributed by atoms with E-state index in [1.807, 2.05) is 0 Å². The standard InChI is InChI=1S/C19H31FN2O11/c1-7(25)21-13-10(3-9(27)4-20)31-12(6-24)18(17(13)30)33-19-14(22-8(2)26)16(29)15(28)11(5-23)32-19/h10-19,23-24,28-30H,3-6H2,1-2H3,(H,21,25)(H,22,26)/t10-,11+,12+,13-,14+,15+,16+,17+,18+,19-/m0/s1. The van der Waals surface area contributed by atoms with Crippen molar-refractivity contribution < 1.29 is 58.5 Å². The largest absolute Gasteiger partial charge is 0.394 e. The Labute approximate surface area is 188 Å². The van der Waals surface area contributed by atoms with Crippen molar-refractivity contribution in [1.82, 2.24) is 10.6 Å². The molecule has 13 nitrogen and oxygen atoms in total. The van der Waals surface area contributed by atoms with Gasteiger partial charge in [-0.25, -0.2) is 4.39 Å². The lowest BCUT2D eigenvalue weighted by atomic mass is 9.89. The summed E-state index contributed by atoms with van der Waals surface area (Å²) in [5.74, 6) is -2.04. The van der Waals surface area contributed by atoms with Crippen LogP contribution >= 0.6 is 0 Å². The molecule has 0 aromatic carbocycles. The minimum atomic E-state index is -1.62. The average Bonchev–Trinajstić information content (AvgIpc) is 2.76. The molecule has 0 saturated carbocycles. The second-order valence-electron chi connectivity index (χ2n) is 8.02. The number of amides is 2. The van der Waals surface area contributed by atoms with Crippen LogP contribution in [-0.2, 0) is 28.6 Å². The van der Waals surface area contributed by atoms with Crippen LogP contribution in [0.2, 0.25) is 0 Å². The maximum atomic E-state index is 12.7. The Morgan fingerprint density at radius 2 is 1.42 bits per heavy atom. The van der Waals surface area contributed by atoms with Gasteiger partial charge in [0.25, 0.3) is 0 Å². The van der Waals surface area contributed by atoms with Gasteiger partial charge in [-0.15, -0.1) is 0 Å². The van der Waals surface area contributed by atoms with Gasteiger partial charge < -0.3 is 50.4 Å². The molecule has 33 heavy (non-hydrogen) atoms. The van der Waals surface area contributed by atoms with E-state index in [0.717, 1.165) is 13.8 Å². The van der Waals surface area contributed by atoms with Crippen LogP contribution in [0.1, 0.15) is 20.3 Å². The van der Waals surface area contributed by atoms with Gasteiger partial charge in [-0.05, 0) is 0 Å². The number of nitrogens with one attached hydrogen (secondary N) is 2. The molecule has 2 heterocycles. The molecule has 2 rings (SSSR count). The first-order valence-electron chi connectivity index (χ1n) is 10.4. The smallest absolute Gasteiger partial charge is 0.217 e. The van der Waals surface area contributed by atoms with Gasteiger partial charge in [0.1, 0.15) is 49.3 Å². The first-order valence-corrected chi connectivity index (χ1v) is 10.4. The van der Waals surface area contributed by atoms with Crippen molar-refractivity contribution in [3.05, 3.63) is 0 Å². The van der Waals surface area contributed by atoms with Gasteiger partial charge >= 0.3 is 0 Å². The first kappa shape index (κ1) is 27.5. The summed E-state index contributed by atoms with van der Waals surface area (Å²) >= 11 is 0. The zero-order valence-electron chi connectivity index (χ0n) is 18.2. The molecule has 0 aliphatic carbocycles. The number of aliphatic hydroxyl groups excluding tert-OH is 5. The molecular formula is C19H31FN2O11. The Bertz CT molecular complexity index is 699. The molecule has 0 spiro atoms. The maximum absolute atomic E-state index is 12.7. The molecule has 0 unspecified atom stereocenters. The van der Waals surface area contributed by atoms with Gasteiger partial charge in [-0.3, -0.25) is 14.4 Å². The summed E-state index contributed by atoms with van der Waals surface area (Å²) in [7, 11) is 0. The van der Waals surface area contributed by atoms with E-state index in [9.17, 15) is 44.3 Å². The minimum Gasteiger partial charge on any atom is -0.394 e. The summed E-state index contributed by atoms with van der Waals surface area (Å²) in [6.07, 6.45) is -12.0. The highest BCUT2D eigenvalue weighted by molar-refractivity contribution is 5.80. The molecule has 2 saturated heterocycles. The molecule has 0 aromatic rings. The van der Waals surface area contributed by atoms with E-state index in [2.05, 4.69) is 10.6 Å². The number of ketones is 1. The Hall–Kier alpha value is -1.78. The van der Waals surface area contributed by atoms with E-state index in [0.29, 0.717) is 0 Å². The number of hydrogen-bond acceptors (Lipinski definition) is 11. The molecule has 190 valence electrons. The summed E-state index contributed by atoms with van der Waals surface area (Å²) < 4.78 is 29.6. The fourth-order valence-electron chi connectivity index (χ4n) is 3.95. The molecule has 0 radical (unpaired) electrons. The third-order valence-electron chi connectivity index (χ3n) is 5.49. The van der Waals surface area contributed by atoms with E-state index in [-0.39, 0.29) is 0 Å². The van der Waals surface area contributed by atoms with Gasteiger partial charge in [-0.2, -0.15) is 0 Å². The van der Waals surface area contributed by atoms with Crippen molar-refractivity contribution in [3.63, 3.8) is 0 Å². The highest BCUT2D eigenvalue weighted by Crippen LogP contribution is 2.30. The first-order chi connectivity index (χ1) is 15.5. The molecule has 0 bridgehead atoms. The number of Topliss-reactive ketones (excluding diaryl/α,β-unsaturated/α-hetero) is 1. The number of hydrogen-bond donors (Lipinski definition) is 7. The Balaban J connectivity index is 2.32. The molecule has 2 aliphatic rings. The zero-order valence-corrected chi connectivity index (χ0v) is 18.2. The average molecular weight is 482 g/mol. The summed E-state index contributed by atoms with van der Waals surface area (Å²) in [5.41, 5.74) is 0. The van der Waals surface area contributed by atoms with Crippen LogP contribution in [0.5, 0.6) is 0 Å². The fourth-order valence-corrected chi connectivity index (χ4v) is 3.95. The van der Waals surface area contributed by atoms with E-state index in [1.165, 1.54) is 0 Å². The molecule has 2 aliphatic heterocycles. The monoisotopic (exact) mass is 482 g/mol. The normalized spacial score (nSPS) is 39.0. The van der Waals surface area contributed by atoms with Crippen LogP contribution in [-0.4, -0.2) is 124 Å². The van der Waals surface area contributed by atoms with Crippen molar-refractivity contribution in [3.8, 4) is 0 Å². The zero-order chi connectivity index (χ0) is 24.9. The van der Waals surface area contributed by atoms with Crippen LogP contribution in [0.4, 0.5) is 4.39 Å². The number of ether oxygens (including phenoxy) is 3. The van der Waals surface area contributed by atoms with Crippen molar-refractivity contribution in [1.29, 1.82) is 0 Å². The van der Waals surface area contributed by atoms with Gasteiger partial charge in [0, 0.05) is 20.3 Å². The van der Waals surface area contributed by atoms with Crippen LogP contribution in [0.25, 0.3) is 0 Å². The number of carbonyl (C=O) groups is 3. The Morgan fingerprint density at radius 1 is 0.848 bits per heavy atom. The molecule has 2 amide bonds. The highest BCUT2D eigenvalue weighted by Gasteiger charge is 2.51. The van der Waals surface area contributed by atoms with Gasteiger partial charge in [-0.1, -0.05) is 0 Å². The number of rotatable bonds is 9. The summed E-state index contributed by atoms with van der Waals surface area (Å²) in [4.78, 5) is 34.9. The van der Waals surface area contributed by atoms with Crippen molar-refractivity contribution in [2.24, 2.45) is 0 Å². The third-order valence-corrected chi connectivity index (χ3v) is 5.49. The fraction of sp³-hybridized carbons (Fsp3) is 0.842. The molecule has 0 aromatic heterocycles. The van der Waals surface area contributed by atoms with Crippen LogP contribution in [0.3, 0.4) is 0 Å².